The van der Waals surface area contributed by atoms with Gasteiger partial charge in [-0.15, -0.1) is 11.6 Å². The van der Waals surface area contributed by atoms with Gasteiger partial charge in [-0.25, -0.2) is 8.42 Å². The lowest BCUT2D eigenvalue weighted by atomic mass is 10.0. The lowest BCUT2D eigenvalue weighted by Crippen LogP contribution is -2.17. The van der Waals surface area contributed by atoms with Gasteiger partial charge in [-0.3, -0.25) is 0 Å². The zero-order valence-corrected chi connectivity index (χ0v) is 11.4. The summed E-state index contributed by atoms with van der Waals surface area (Å²) in [6, 6.07) is 6.10. The van der Waals surface area contributed by atoms with Crippen molar-refractivity contribution in [3.05, 3.63) is 34.9 Å². The predicted molar refractivity (Wildman–Crippen MR) is 69.0 cm³/mol. The molecule has 0 amide bonds. The molecule has 0 N–H and O–H groups in total. The maximum atomic E-state index is 11.1. The zero-order valence-electron chi connectivity index (χ0n) is 9.83. The molecule has 16 heavy (non-hydrogen) atoms. The van der Waals surface area contributed by atoms with E-state index >= 15 is 0 Å². The van der Waals surface area contributed by atoms with Gasteiger partial charge in [-0.1, -0.05) is 18.2 Å². The molecule has 0 fully saturated rings. The molecule has 1 aromatic carbocycles. The maximum absolute atomic E-state index is 11.1. The minimum Gasteiger partial charge on any atom is -0.229 e. The Balaban J connectivity index is 2.70. The summed E-state index contributed by atoms with van der Waals surface area (Å²) in [6.45, 7) is 4.09. The Labute approximate surface area is 103 Å². The molecule has 0 aliphatic heterocycles. The van der Waals surface area contributed by atoms with Crippen LogP contribution in [0.5, 0.6) is 0 Å². The Morgan fingerprint density at radius 1 is 1.25 bits per heavy atom. The number of aryl methyl sites for hydroxylation is 2. The van der Waals surface area contributed by atoms with E-state index in [1.165, 1.54) is 17.4 Å². The van der Waals surface area contributed by atoms with Crippen molar-refractivity contribution in [2.24, 2.45) is 0 Å². The molecule has 0 heterocycles. The van der Waals surface area contributed by atoms with Crippen molar-refractivity contribution in [1.29, 1.82) is 0 Å². The molecule has 0 aliphatic rings. The fraction of sp³-hybridized carbons (Fsp3) is 0.500. The van der Waals surface area contributed by atoms with Gasteiger partial charge < -0.3 is 0 Å². The molecule has 0 aliphatic carbocycles. The fourth-order valence-corrected chi connectivity index (χ4v) is 3.21. The fourth-order valence-electron chi connectivity index (χ4n) is 1.57. The van der Waals surface area contributed by atoms with Gasteiger partial charge in [-0.2, -0.15) is 0 Å². The molecule has 0 saturated carbocycles. The number of sulfone groups is 1. The number of benzene rings is 1. The average Bonchev–Trinajstić information content (AvgIpc) is 2.08. The number of hydrogen-bond donors (Lipinski definition) is 0. The standard InChI is InChI=1S/C12H17ClO2S/c1-9-4-5-11(6-10(9)2)7-12(13)8-16(3,14)15/h4-6,12H,7-8H2,1-3H3. The van der Waals surface area contributed by atoms with E-state index in [4.69, 9.17) is 11.6 Å². The van der Waals surface area contributed by atoms with Crippen LogP contribution < -0.4 is 0 Å². The monoisotopic (exact) mass is 260 g/mol. The zero-order chi connectivity index (χ0) is 12.3. The van der Waals surface area contributed by atoms with Gasteiger partial charge in [0.2, 0.25) is 0 Å². The van der Waals surface area contributed by atoms with Crippen LogP contribution in [0.2, 0.25) is 0 Å². The quantitative estimate of drug-likeness (QED) is 0.780. The van der Waals surface area contributed by atoms with Gasteiger partial charge in [0.1, 0.15) is 9.84 Å². The Bertz CT molecular complexity index is 466. The van der Waals surface area contributed by atoms with E-state index in [-0.39, 0.29) is 11.1 Å². The Morgan fingerprint density at radius 2 is 1.88 bits per heavy atom. The highest BCUT2D eigenvalue weighted by Crippen LogP contribution is 2.14. The van der Waals surface area contributed by atoms with Crippen molar-refractivity contribution in [3.63, 3.8) is 0 Å². The molecule has 0 saturated heterocycles. The molecule has 2 nitrogen and oxygen atoms in total. The lowest BCUT2D eigenvalue weighted by Gasteiger charge is -2.09. The summed E-state index contributed by atoms with van der Waals surface area (Å²) in [5.41, 5.74) is 3.53. The lowest BCUT2D eigenvalue weighted by molar-refractivity contribution is 0.599. The van der Waals surface area contributed by atoms with Crippen LogP contribution >= 0.6 is 11.6 Å². The maximum Gasteiger partial charge on any atom is 0.148 e. The third-order valence-corrected chi connectivity index (χ3v) is 4.01. The number of halogens is 1. The highest BCUT2D eigenvalue weighted by molar-refractivity contribution is 7.90. The smallest absolute Gasteiger partial charge is 0.148 e. The first-order valence-corrected chi connectivity index (χ1v) is 7.65. The highest BCUT2D eigenvalue weighted by Gasteiger charge is 2.13. The number of alkyl halides is 1. The van der Waals surface area contributed by atoms with Gasteiger partial charge >= 0.3 is 0 Å². The number of rotatable bonds is 4. The minimum atomic E-state index is -2.99. The van der Waals surface area contributed by atoms with Gasteiger partial charge in [0.25, 0.3) is 0 Å². The molecule has 90 valence electrons. The van der Waals surface area contributed by atoms with E-state index in [2.05, 4.69) is 6.07 Å². The summed E-state index contributed by atoms with van der Waals surface area (Å²) >= 11 is 6.01. The molecule has 0 aromatic heterocycles. The van der Waals surface area contributed by atoms with Crippen LogP contribution in [-0.2, 0) is 16.3 Å². The molecule has 0 radical (unpaired) electrons. The van der Waals surface area contributed by atoms with Crippen LogP contribution in [0, 0.1) is 13.8 Å². The molecule has 4 heteroatoms. The van der Waals surface area contributed by atoms with Crippen LogP contribution in [0.25, 0.3) is 0 Å². The Morgan fingerprint density at radius 3 is 2.38 bits per heavy atom. The summed E-state index contributed by atoms with van der Waals surface area (Å²) in [5, 5.41) is -0.350. The first-order valence-electron chi connectivity index (χ1n) is 5.16. The van der Waals surface area contributed by atoms with Crippen molar-refractivity contribution < 1.29 is 8.42 Å². The van der Waals surface area contributed by atoms with Gasteiger partial charge in [0.15, 0.2) is 0 Å². The second kappa shape index (κ2) is 5.19. The van der Waals surface area contributed by atoms with Crippen LogP contribution in [0.4, 0.5) is 0 Å². The average molecular weight is 261 g/mol. The molecular weight excluding hydrogens is 244 g/mol. The largest absolute Gasteiger partial charge is 0.229 e. The van der Waals surface area contributed by atoms with Crippen LogP contribution in [0.3, 0.4) is 0 Å². The number of hydrogen-bond acceptors (Lipinski definition) is 2. The van der Waals surface area contributed by atoms with E-state index in [9.17, 15) is 8.42 Å². The molecule has 1 aromatic rings. The van der Waals surface area contributed by atoms with Crippen molar-refractivity contribution in [2.75, 3.05) is 12.0 Å². The van der Waals surface area contributed by atoms with E-state index in [1.54, 1.807) is 0 Å². The molecule has 0 bridgehead atoms. The normalized spacial score (nSPS) is 13.8. The Hall–Kier alpha value is -0.540. The summed E-state index contributed by atoms with van der Waals surface area (Å²) in [7, 11) is -2.99. The summed E-state index contributed by atoms with van der Waals surface area (Å²) < 4.78 is 22.1. The Kier molecular flexibility index (Phi) is 4.39. The van der Waals surface area contributed by atoms with Crippen LogP contribution in [0.15, 0.2) is 18.2 Å². The van der Waals surface area contributed by atoms with E-state index in [0.29, 0.717) is 6.42 Å². The third kappa shape index (κ3) is 4.54. The molecule has 0 spiro atoms. The van der Waals surface area contributed by atoms with Crippen molar-refractivity contribution in [2.45, 2.75) is 25.6 Å². The van der Waals surface area contributed by atoms with Gasteiger partial charge in [-0.05, 0) is 37.0 Å². The molecule has 1 atom stereocenters. The van der Waals surface area contributed by atoms with E-state index in [0.717, 1.165) is 5.56 Å². The molecule has 1 rings (SSSR count). The predicted octanol–water partition coefficient (Wildman–Crippen LogP) is 2.50. The van der Waals surface area contributed by atoms with Crippen LogP contribution in [0.1, 0.15) is 16.7 Å². The van der Waals surface area contributed by atoms with E-state index in [1.807, 2.05) is 26.0 Å². The summed E-state index contributed by atoms with van der Waals surface area (Å²) in [5.74, 6) is 0.0292. The summed E-state index contributed by atoms with van der Waals surface area (Å²) in [6.07, 6.45) is 1.80. The first kappa shape index (κ1) is 13.5. The molecular formula is C12H17ClO2S. The highest BCUT2D eigenvalue weighted by atomic mass is 35.5. The van der Waals surface area contributed by atoms with Gasteiger partial charge in [0, 0.05) is 6.26 Å². The topological polar surface area (TPSA) is 34.1 Å². The van der Waals surface area contributed by atoms with Crippen molar-refractivity contribution in [3.8, 4) is 0 Å². The third-order valence-electron chi connectivity index (χ3n) is 2.51. The summed E-state index contributed by atoms with van der Waals surface area (Å²) in [4.78, 5) is 0. The van der Waals surface area contributed by atoms with Crippen molar-refractivity contribution in [1.82, 2.24) is 0 Å². The second-order valence-corrected chi connectivity index (χ2v) is 7.11. The van der Waals surface area contributed by atoms with Gasteiger partial charge in [0.05, 0.1) is 11.1 Å². The second-order valence-electron chi connectivity index (χ2n) is 4.31. The first-order chi connectivity index (χ1) is 7.28. The minimum absolute atomic E-state index is 0.0292. The van der Waals surface area contributed by atoms with E-state index < -0.39 is 9.84 Å². The van der Waals surface area contributed by atoms with Crippen molar-refractivity contribution >= 4 is 21.4 Å². The van der Waals surface area contributed by atoms with Crippen LogP contribution in [-0.4, -0.2) is 25.8 Å². The SMILES string of the molecule is Cc1ccc(CC(Cl)CS(C)(=O)=O)cc1C. The molecule has 1 unspecified atom stereocenters.